The highest BCUT2D eigenvalue weighted by atomic mass is 32.2. The van der Waals surface area contributed by atoms with Crippen molar-refractivity contribution in [2.75, 3.05) is 31.8 Å². The van der Waals surface area contributed by atoms with Crippen molar-refractivity contribution in [3.05, 3.63) is 24.4 Å². The molecule has 1 aliphatic heterocycles. The summed E-state index contributed by atoms with van der Waals surface area (Å²) in [5.41, 5.74) is -0.0951. The summed E-state index contributed by atoms with van der Waals surface area (Å²) >= 11 is 0. The van der Waals surface area contributed by atoms with Crippen LogP contribution in [0.15, 0.2) is 23.5 Å². The van der Waals surface area contributed by atoms with Gasteiger partial charge in [0.1, 0.15) is 12.4 Å². The fourth-order valence-corrected chi connectivity index (χ4v) is 3.71. The standard InChI is InChI=1S/C20H26FN5O6S/c1-12(2)31-20(27)26-9-7-13(8-10-26)32-19-16(30-3)18(22-11-23-19)24-14-5-6-15(25-17(14)21)33(4,28)29/h5-6,11-13H,7-10H2,1-4H3,(H,22,23,24). The van der Waals surface area contributed by atoms with Gasteiger partial charge in [-0.25, -0.2) is 23.2 Å². The molecule has 33 heavy (non-hydrogen) atoms. The molecule has 0 saturated carbocycles. The van der Waals surface area contributed by atoms with Gasteiger partial charge >= 0.3 is 6.09 Å². The highest BCUT2D eigenvalue weighted by molar-refractivity contribution is 7.90. The van der Waals surface area contributed by atoms with Crippen molar-refractivity contribution in [2.24, 2.45) is 0 Å². The number of amides is 1. The van der Waals surface area contributed by atoms with Gasteiger partial charge in [-0.2, -0.15) is 9.37 Å². The zero-order chi connectivity index (χ0) is 24.2. The van der Waals surface area contributed by atoms with Gasteiger partial charge in [0.15, 0.2) is 20.7 Å². The lowest BCUT2D eigenvalue weighted by Gasteiger charge is -2.31. The molecule has 0 unspecified atom stereocenters. The van der Waals surface area contributed by atoms with Crippen LogP contribution in [-0.4, -0.2) is 73.0 Å². The van der Waals surface area contributed by atoms with Gasteiger partial charge in [0, 0.05) is 32.2 Å². The lowest BCUT2D eigenvalue weighted by atomic mass is 10.1. The van der Waals surface area contributed by atoms with Crippen LogP contribution in [0.2, 0.25) is 0 Å². The Kier molecular flexibility index (Phi) is 7.51. The van der Waals surface area contributed by atoms with Crippen LogP contribution in [0, 0.1) is 5.95 Å². The lowest BCUT2D eigenvalue weighted by Crippen LogP contribution is -2.42. The molecule has 0 spiro atoms. The van der Waals surface area contributed by atoms with E-state index in [-0.39, 0.29) is 46.5 Å². The van der Waals surface area contributed by atoms with E-state index in [0.29, 0.717) is 25.9 Å². The van der Waals surface area contributed by atoms with Crippen molar-refractivity contribution in [3.8, 4) is 11.6 Å². The number of pyridine rings is 1. The van der Waals surface area contributed by atoms with Gasteiger partial charge < -0.3 is 24.4 Å². The summed E-state index contributed by atoms with van der Waals surface area (Å²) in [6, 6.07) is 2.43. The minimum atomic E-state index is -3.65. The van der Waals surface area contributed by atoms with Gasteiger partial charge in [-0.05, 0) is 26.0 Å². The average molecular weight is 484 g/mol. The Morgan fingerprint density at radius 2 is 1.94 bits per heavy atom. The van der Waals surface area contributed by atoms with E-state index >= 15 is 0 Å². The number of nitrogens with one attached hydrogen (secondary N) is 1. The summed E-state index contributed by atoms with van der Waals surface area (Å²) in [6.45, 7) is 4.53. The number of carbonyl (C=O) groups is 1. The third kappa shape index (κ3) is 6.18. The molecule has 1 N–H and O–H groups in total. The molecule has 13 heteroatoms. The Labute approximate surface area is 191 Å². The highest BCUT2D eigenvalue weighted by Gasteiger charge is 2.27. The van der Waals surface area contributed by atoms with Crippen LogP contribution in [0.1, 0.15) is 26.7 Å². The van der Waals surface area contributed by atoms with E-state index in [4.69, 9.17) is 14.2 Å². The minimum absolute atomic E-state index is 0.0951. The van der Waals surface area contributed by atoms with Crippen LogP contribution in [0.25, 0.3) is 0 Å². The van der Waals surface area contributed by atoms with Crippen LogP contribution >= 0.6 is 0 Å². The molecule has 1 fully saturated rings. The third-order valence-electron chi connectivity index (χ3n) is 4.75. The Hall–Kier alpha value is -3.22. The molecule has 1 amide bonds. The van der Waals surface area contributed by atoms with Crippen LogP contribution in [-0.2, 0) is 14.6 Å². The van der Waals surface area contributed by atoms with E-state index < -0.39 is 15.8 Å². The molecule has 3 heterocycles. The maximum atomic E-state index is 14.4. The van der Waals surface area contributed by atoms with E-state index in [1.54, 1.807) is 18.7 Å². The number of hydrogen-bond donors (Lipinski definition) is 1. The van der Waals surface area contributed by atoms with Gasteiger partial charge in [-0.15, -0.1) is 0 Å². The fourth-order valence-electron chi connectivity index (χ4n) is 3.15. The topological polar surface area (TPSA) is 133 Å². The van der Waals surface area contributed by atoms with Crippen LogP contribution in [0.4, 0.5) is 20.7 Å². The SMILES string of the molecule is COc1c(Nc2ccc(S(C)(=O)=O)nc2F)ncnc1OC1CCN(C(=O)OC(C)C)CC1. The minimum Gasteiger partial charge on any atom is -0.489 e. The van der Waals surface area contributed by atoms with E-state index in [1.807, 2.05) is 0 Å². The molecule has 0 atom stereocenters. The summed E-state index contributed by atoms with van der Waals surface area (Å²) in [6.07, 6.45) is 2.53. The van der Waals surface area contributed by atoms with Crippen molar-refractivity contribution >= 4 is 27.4 Å². The van der Waals surface area contributed by atoms with Crippen molar-refractivity contribution in [1.29, 1.82) is 0 Å². The first-order valence-corrected chi connectivity index (χ1v) is 12.1. The Morgan fingerprint density at radius 3 is 2.52 bits per heavy atom. The van der Waals surface area contributed by atoms with Crippen LogP contribution in [0.3, 0.4) is 0 Å². The molecular formula is C20H26FN5O6S. The van der Waals surface area contributed by atoms with E-state index in [9.17, 15) is 17.6 Å². The number of nitrogens with zero attached hydrogens (tertiary/aromatic N) is 4. The monoisotopic (exact) mass is 483 g/mol. The van der Waals surface area contributed by atoms with Gasteiger partial charge in [-0.1, -0.05) is 0 Å². The predicted molar refractivity (Wildman–Crippen MR) is 116 cm³/mol. The quantitative estimate of drug-likeness (QED) is 0.586. The number of piperidine rings is 1. The number of halogens is 1. The number of sulfone groups is 1. The first kappa shape index (κ1) is 24.4. The molecule has 0 aliphatic carbocycles. The molecule has 180 valence electrons. The van der Waals surface area contributed by atoms with Crippen molar-refractivity contribution in [1.82, 2.24) is 19.9 Å². The summed E-state index contributed by atoms with van der Waals surface area (Å²) in [5.74, 6) is -0.597. The molecular weight excluding hydrogens is 457 g/mol. The third-order valence-corrected chi connectivity index (χ3v) is 5.73. The first-order valence-electron chi connectivity index (χ1n) is 10.2. The first-order chi connectivity index (χ1) is 15.6. The zero-order valence-corrected chi connectivity index (χ0v) is 19.6. The van der Waals surface area contributed by atoms with Crippen LogP contribution in [0.5, 0.6) is 11.6 Å². The molecule has 2 aromatic heterocycles. The van der Waals surface area contributed by atoms with Crippen molar-refractivity contribution in [2.45, 2.75) is 43.9 Å². The molecule has 1 aliphatic rings. The molecule has 2 aromatic rings. The molecule has 0 radical (unpaired) electrons. The zero-order valence-electron chi connectivity index (χ0n) is 18.7. The van der Waals surface area contributed by atoms with Crippen LogP contribution < -0.4 is 14.8 Å². The molecule has 3 rings (SSSR count). The summed E-state index contributed by atoms with van der Waals surface area (Å²) in [7, 11) is -2.26. The Bertz CT molecular complexity index is 1110. The number of hydrogen-bond acceptors (Lipinski definition) is 10. The Balaban J connectivity index is 1.71. The van der Waals surface area contributed by atoms with E-state index in [1.165, 1.54) is 25.6 Å². The van der Waals surface area contributed by atoms with Gasteiger partial charge in [0.25, 0.3) is 5.88 Å². The number of aromatic nitrogens is 3. The largest absolute Gasteiger partial charge is 0.489 e. The van der Waals surface area contributed by atoms with Crippen molar-refractivity contribution < 1.29 is 31.8 Å². The molecule has 0 aromatic carbocycles. The maximum Gasteiger partial charge on any atom is 0.410 e. The maximum absolute atomic E-state index is 14.4. The molecule has 1 saturated heterocycles. The summed E-state index contributed by atoms with van der Waals surface area (Å²) in [5, 5.41) is 2.35. The summed E-state index contributed by atoms with van der Waals surface area (Å²) in [4.78, 5) is 25.3. The Morgan fingerprint density at radius 1 is 1.24 bits per heavy atom. The molecule has 11 nitrogen and oxygen atoms in total. The van der Waals surface area contributed by atoms with Gasteiger partial charge in [0.05, 0.1) is 18.9 Å². The second-order valence-corrected chi connectivity index (χ2v) is 9.65. The number of anilines is 2. The average Bonchev–Trinajstić information content (AvgIpc) is 2.74. The number of carbonyl (C=O) groups excluding carboxylic acids is 1. The van der Waals surface area contributed by atoms with Gasteiger partial charge in [0.2, 0.25) is 11.7 Å². The highest BCUT2D eigenvalue weighted by Crippen LogP contribution is 2.35. The van der Waals surface area contributed by atoms with E-state index in [2.05, 4.69) is 20.3 Å². The predicted octanol–water partition coefficient (Wildman–Crippen LogP) is 2.55. The lowest BCUT2D eigenvalue weighted by molar-refractivity contribution is 0.0500. The fraction of sp³-hybridized carbons (Fsp3) is 0.500. The number of rotatable bonds is 7. The number of methoxy groups -OCH3 is 1. The summed E-state index contributed by atoms with van der Waals surface area (Å²) < 4.78 is 54.0. The second kappa shape index (κ2) is 10.1. The number of ether oxygens (including phenoxy) is 3. The van der Waals surface area contributed by atoms with E-state index in [0.717, 1.165) is 6.26 Å². The van der Waals surface area contributed by atoms with Crippen molar-refractivity contribution in [3.63, 3.8) is 0 Å². The normalized spacial score (nSPS) is 14.8. The second-order valence-electron chi connectivity index (χ2n) is 7.68. The molecule has 0 bridgehead atoms. The smallest absolute Gasteiger partial charge is 0.410 e. The van der Waals surface area contributed by atoms with Gasteiger partial charge in [-0.3, -0.25) is 0 Å². The number of likely N-dealkylation sites (tertiary alicyclic amines) is 1.